The van der Waals surface area contributed by atoms with Gasteiger partial charge in [0.15, 0.2) is 5.82 Å². The van der Waals surface area contributed by atoms with Gasteiger partial charge in [0, 0.05) is 17.7 Å². The number of nitrogens with zero attached hydrogens (tertiary/aromatic N) is 1. The van der Waals surface area contributed by atoms with E-state index in [-0.39, 0.29) is 5.91 Å². The summed E-state index contributed by atoms with van der Waals surface area (Å²) in [6.07, 6.45) is 5.46. The molecule has 2 aromatic heterocycles. The van der Waals surface area contributed by atoms with Crippen molar-refractivity contribution in [3.8, 4) is 0 Å². The SMILES string of the molecule is O=C(Cc1ccsc1)Nc1cc(C2CCCC2)[nH]n1. The molecule has 1 fully saturated rings. The van der Waals surface area contributed by atoms with Crippen molar-refractivity contribution in [1.29, 1.82) is 0 Å². The molecule has 1 aliphatic carbocycles. The Balaban J connectivity index is 1.59. The Morgan fingerprint density at radius 3 is 3.05 bits per heavy atom. The van der Waals surface area contributed by atoms with Gasteiger partial charge in [-0.25, -0.2) is 0 Å². The Labute approximate surface area is 116 Å². The van der Waals surface area contributed by atoms with Crippen LogP contribution >= 0.6 is 11.3 Å². The van der Waals surface area contributed by atoms with Crippen LogP contribution in [0.15, 0.2) is 22.9 Å². The number of nitrogens with one attached hydrogen (secondary N) is 2. The quantitative estimate of drug-likeness (QED) is 0.899. The standard InChI is InChI=1S/C14H17N3OS/c18-14(7-10-5-6-19-9-10)15-13-8-12(16-17-13)11-3-1-2-4-11/h5-6,8-9,11H,1-4,7H2,(H2,15,16,17,18). The molecule has 0 radical (unpaired) electrons. The summed E-state index contributed by atoms with van der Waals surface area (Å²) in [5.74, 6) is 1.22. The van der Waals surface area contributed by atoms with Crippen LogP contribution in [0.5, 0.6) is 0 Å². The lowest BCUT2D eigenvalue weighted by Crippen LogP contribution is -2.14. The van der Waals surface area contributed by atoms with Gasteiger partial charge in [0.25, 0.3) is 0 Å². The van der Waals surface area contributed by atoms with Crippen molar-refractivity contribution < 1.29 is 4.79 Å². The van der Waals surface area contributed by atoms with Gasteiger partial charge in [-0.3, -0.25) is 9.89 Å². The van der Waals surface area contributed by atoms with E-state index >= 15 is 0 Å². The predicted molar refractivity (Wildman–Crippen MR) is 76.4 cm³/mol. The molecule has 1 amide bonds. The first kappa shape index (κ1) is 12.4. The topological polar surface area (TPSA) is 57.8 Å². The fourth-order valence-corrected chi connectivity index (χ4v) is 3.28. The average molecular weight is 275 g/mol. The highest BCUT2D eigenvalue weighted by Gasteiger charge is 2.19. The number of hydrogen-bond acceptors (Lipinski definition) is 3. The number of carbonyl (C=O) groups is 1. The van der Waals surface area contributed by atoms with Crippen LogP contribution < -0.4 is 5.32 Å². The molecule has 100 valence electrons. The van der Waals surface area contributed by atoms with Crippen LogP contribution in [-0.4, -0.2) is 16.1 Å². The van der Waals surface area contributed by atoms with Gasteiger partial charge in [-0.2, -0.15) is 16.4 Å². The molecule has 1 aliphatic rings. The van der Waals surface area contributed by atoms with E-state index in [4.69, 9.17) is 0 Å². The Hall–Kier alpha value is -1.62. The summed E-state index contributed by atoms with van der Waals surface area (Å²) < 4.78 is 0. The molecule has 2 heterocycles. The van der Waals surface area contributed by atoms with E-state index in [1.165, 1.54) is 25.7 Å². The molecule has 0 saturated heterocycles. The van der Waals surface area contributed by atoms with Crippen molar-refractivity contribution in [2.45, 2.75) is 38.0 Å². The summed E-state index contributed by atoms with van der Waals surface area (Å²) in [7, 11) is 0. The van der Waals surface area contributed by atoms with Gasteiger partial charge in [-0.15, -0.1) is 0 Å². The third kappa shape index (κ3) is 3.04. The number of thiophene rings is 1. The van der Waals surface area contributed by atoms with Crippen molar-refractivity contribution in [2.24, 2.45) is 0 Å². The van der Waals surface area contributed by atoms with E-state index in [9.17, 15) is 4.79 Å². The van der Waals surface area contributed by atoms with Gasteiger partial charge in [0.2, 0.25) is 5.91 Å². The second kappa shape index (κ2) is 5.57. The van der Waals surface area contributed by atoms with Crippen molar-refractivity contribution in [1.82, 2.24) is 10.2 Å². The van der Waals surface area contributed by atoms with Crippen molar-refractivity contribution in [3.05, 3.63) is 34.2 Å². The van der Waals surface area contributed by atoms with Crippen LogP contribution in [-0.2, 0) is 11.2 Å². The first-order valence-corrected chi connectivity index (χ1v) is 7.62. The summed E-state index contributed by atoms with van der Waals surface area (Å²) in [4.78, 5) is 11.8. The molecular weight excluding hydrogens is 258 g/mol. The van der Waals surface area contributed by atoms with E-state index < -0.39 is 0 Å². The van der Waals surface area contributed by atoms with E-state index in [1.54, 1.807) is 11.3 Å². The van der Waals surface area contributed by atoms with Crippen LogP contribution in [0.4, 0.5) is 5.82 Å². The monoisotopic (exact) mass is 275 g/mol. The minimum Gasteiger partial charge on any atom is -0.309 e. The van der Waals surface area contributed by atoms with Gasteiger partial charge in [0.1, 0.15) is 0 Å². The molecule has 0 bridgehead atoms. The smallest absolute Gasteiger partial charge is 0.230 e. The lowest BCUT2D eigenvalue weighted by atomic mass is 10.0. The first-order valence-electron chi connectivity index (χ1n) is 6.67. The maximum atomic E-state index is 11.8. The first-order chi connectivity index (χ1) is 9.31. The summed E-state index contributed by atoms with van der Waals surface area (Å²) in [6.45, 7) is 0. The third-order valence-corrected chi connectivity index (χ3v) is 4.34. The zero-order valence-electron chi connectivity index (χ0n) is 10.7. The summed E-state index contributed by atoms with van der Waals surface area (Å²) in [5, 5.41) is 14.0. The molecular formula is C14H17N3OS. The van der Waals surface area contributed by atoms with Crippen LogP contribution in [0, 0.1) is 0 Å². The van der Waals surface area contributed by atoms with E-state index in [0.29, 0.717) is 18.2 Å². The predicted octanol–water partition coefficient (Wildman–Crippen LogP) is 3.31. The lowest BCUT2D eigenvalue weighted by molar-refractivity contribution is -0.115. The summed E-state index contributed by atoms with van der Waals surface area (Å²) >= 11 is 1.61. The maximum absolute atomic E-state index is 11.8. The van der Waals surface area contributed by atoms with E-state index in [0.717, 1.165) is 11.3 Å². The average Bonchev–Trinajstić information content (AvgIpc) is 3.09. The van der Waals surface area contributed by atoms with Crippen molar-refractivity contribution in [2.75, 3.05) is 5.32 Å². The number of amides is 1. The van der Waals surface area contributed by atoms with Gasteiger partial charge in [0.05, 0.1) is 6.42 Å². The number of anilines is 1. The number of hydrogen-bond donors (Lipinski definition) is 2. The third-order valence-electron chi connectivity index (χ3n) is 3.60. The highest BCUT2D eigenvalue weighted by molar-refractivity contribution is 7.08. The minimum absolute atomic E-state index is 0.0112. The summed E-state index contributed by atoms with van der Waals surface area (Å²) in [5.41, 5.74) is 2.21. The molecule has 0 aliphatic heterocycles. The Bertz CT molecular complexity index is 541. The molecule has 0 unspecified atom stereocenters. The minimum atomic E-state index is -0.0112. The van der Waals surface area contributed by atoms with Gasteiger partial charge >= 0.3 is 0 Å². The largest absolute Gasteiger partial charge is 0.309 e. The fourth-order valence-electron chi connectivity index (χ4n) is 2.61. The lowest BCUT2D eigenvalue weighted by Gasteiger charge is -2.03. The molecule has 3 rings (SSSR count). The second-order valence-electron chi connectivity index (χ2n) is 5.05. The normalized spacial score (nSPS) is 15.8. The molecule has 19 heavy (non-hydrogen) atoms. The highest BCUT2D eigenvalue weighted by atomic mass is 32.1. The van der Waals surface area contributed by atoms with Crippen LogP contribution in [0.1, 0.15) is 42.9 Å². The van der Waals surface area contributed by atoms with Crippen LogP contribution in [0.3, 0.4) is 0 Å². The zero-order chi connectivity index (χ0) is 13.1. The molecule has 5 heteroatoms. The molecule has 1 saturated carbocycles. The molecule has 0 spiro atoms. The number of aromatic amines is 1. The van der Waals surface area contributed by atoms with Crippen molar-refractivity contribution >= 4 is 23.1 Å². The number of carbonyl (C=O) groups excluding carboxylic acids is 1. The second-order valence-corrected chi connectivity index (χ2v) is 5.83. The molecule has 2 aromatic rings. The molecule has 2 N–H and O–H groups in total. The number of H-pyrrole nitrogens is 1. The van der Waals surface area contributed by atoms with Crippen LogP contribution in [0.2, 0.25) is 0 Å². The van der Waals surface area contributed by atoms with Gasteiger partial charge in [-0.1, -0.05) is 12.8 Å². The van der Waals surface area contributed by atoms with Crippen LogP contribution in [0.25, 0.3) is 0 Å². The number of rotatable bonds is 4. The highest BCUT2D eigenvalue weighted by Crippen LogP contribution is 2.33. The Morgan fingerprint density at radius 1 is 1.47 bits per heavy atom. The molecule has 4 nitrogen and oxygen atoms in total. The summed E-state index contributed by atoms with van der Waals surface area (Å²) in [6, 6.07) is 3.94. The van der Waals surface area contributed by atoms with E-state index in [2.05, 4.69) is 15.5 Å². The zero-order valence-corrected chi connectivity index (χ0v) is 11.5. The van der Waals surface area contributed by atoms with Crippen molar-refractivity contribution in [3.63, 3.8) is 0 Å². The maximum Gasteiger partial charge on any atom is 0.230 e. The van der Waals surface area contributed by atoms with Gasteiger partial charge in [-0.05, 0) is 35.2 Å². The Morgan fingerprint density at radius 2 is 2.32 bits per heavy atom. The fraction of sp³-hybridized carbons (Fsp3) is 0.429. The molecule has 0 atom stereocenters. The Kier molecular flexibility index (Phi) is 3.64. The van der Waals surface area contributed by atoms with Gasteiger partial charge < -0.3 is 5.32 Å². The number of aromatic nitrogens is 2. The molecule has 0 aromatic carbocycles. The van der Waals surface area contributed by atoms with E-state index in [1.807, 2.05) is 22.9 Å².